The number of benzene rings is 1. The lowest BCUT2D eigenvalue weighted by molar-refractivity contribution is 0.179. The number of nitrogens with zero attached hydrogens (tertiary/aromatic N) is 1. The average Bonchev–Trinajstić information content (AvgIpc) is 2.34. The summed E-state index contributed by atoms with van der Waals surface area (Å²) in [5.74, 6) is 0. The molecular weight excluding hydrogens is 312 g/mol. The van der Waals surface area contributed by atoms with Crippen LogP contribution in [0.5, 0.6) is 0 Å². The molecule has 0 saturated heterocycles. The average molecular weight is 334 g/mol. The number of hydrogen-bond donors (Lipinski definition) is 1. The van der Waals surface area contributed by atoms with Gasteiger partial charge in [0.05, 0.1) is 0 Å². The molecule has 1 rings (SSSR count). The first-order valence-electron chi connectivity index (χ1n) is 6.38. The van der Waals surface area contributed by atoms with Crippen LogP contribution in [-0.2, 0) is 0 Å². The second-order valence-corrected chi connectivity index (χ2v) is 6.01. The van der Waals surface area contributed by atoms with E-state index in [4.69, 9.17) is 17.3 Å². The van der Waals surface area contributed by atoms with Gasteiger partial charge in [-0.25, -0.2) is 0 Å². The van der Waals surface area contributed by atoms with Crippen molar-refractivity contribution in [2.24, 2.45) is 5.73 Å². The van der Waals surface area contributed by atoms with Crippen LogP contribution in [-0.4, -0.2) is 24.5 Å². The number of nitrogens with two attached hydrogens (primary N) is 1. The normalized spacial score (nSPS) is 14.8. The van der Waals surface area contributed by atoms with Gasteiger partial charge in [-0.2, -0.15) is 0 Å². The number of halogens is 2. The second-order valence-electron chi connectivity index (χ2n) is 4.72. The minimum Gasteiger partial charge on any atom is -0.329 e. The molecule has 2 nitrogen and oxygen atoms in total. The molecule has 0 aromatic heterocycles. The Morgan fingerprint density at radius 1 is 1.44 bits per heavy atom. The highest BCUT2D eigenvalue weighted by Gasteiger charge is 2.21. The van der Waals surface area contributed by atoms with E-state index in [1.165, 1.54) is 12.8 Å². The summed E-state index contributed by atoms with van der Waals surface area (Å²) in [5.41, 5.74) is 7.12. The molecular formula is C14H22BrClN2. The molecule has 18 heavy (non-hydrogen) atoms. The zero-order chi connectivity index (χ0) is 13.7. The minimum atomic E-state index is 0.194. The van der Waals surface area contributed by atoms with Gasteiger partial charge in [0, 0.05) is 28.1 Å². The lowest BCUT2D eigenvalue weighted by atomic mass is 10.0. The van der Waals surface area contributed by atoms with Gasteiger partial charge < -0.3 is 5.73 Å². The maximum Gasteiger partial charge on any atom is 0.0481 e. The lowest BCUT2D eigenvalue weighted by Gasteiger charge is -2.33. The van der Waals surface area contributed by atoms with Crippen LogP contribution in [0, 0.1) is 0 Å². The lowest BCUT2D eigenvalue weighted by Crippen LogP contribution is -2.37. The summed E-state index contributed by atoms with van der Waals surface area (Å²) < 4.78 is 1.07. The van der Waals surface area contributed by atoms with Crippen LogP contribution in [0.3, 0.4) is 0 Å². The van der Waals surface area contributed by atoms with Gasteiger partial charge in [-0.05, 0) is 44.2 Å². The molecule has 1 aromatic carbocycles. The molecule has 0 aliphatic rings. The van der Waals surface area contributed by atoms with E-state index >= 15 is 0 Å². The van der Waals surface area contributed by atoms with E-state index in [1.54, 1.807) is 0 Å². The van der Waals surface area contributed by atoms with E-state index < -0.39 is 0 Å². The Bertz CT molecular complexity index is 384. The Morgan fingerprint density at radius 2 is 2.11 bits per heavy atom. The highest BCUT2D eigenvalue weighted by Crippen LogP contribution is 2.30. The maximum atomic E-state index is 6.08. The van der Waals surface area contributed by atoms with Gasteiger partial charge in [-0.15, -0.1) is 0 Å². The van der Waals surface area contributed by atoms with E-state index in [0.29, 0.717) is 12.6 Å². The number of hydrogen-bond acceptors (Lipinski definition) is 2. The summed E-state index contributed by atoms with van der Waals surface area (Å²) in [4.78, 5) is 2.33. The van der Waals surface area contributed by atoms with Gasteiger partial charge in [0.25, 0.3) is 0 Å². The smallest absolute Gasteiger partial charge is 0.0481 e. The molecule has 0 aliphatic carbocycles. The molecule has 1 aromatic rings. The molecule has 0 spiro atoms. The monoisotopic (exact) mass is 332 g/mol. The van der Waals surface area contributed by atoms with Gasteiger partial charge >= 0.3 is 0 Å². The molecule has 0 fully saturated rings. The largest absolute Gasteiger partial charge is 0.329 e. The summed E-state index contributed by atoms with van der Waals surface area (Å²) in [6, 6.07) is 6.57. The molecule has 0 bridgehead atoms. The van der Waals surface area contributed by atoms with Gasteiger partial charge in [-0.1, -0.05) is 40.9 Å². The van der Waals surface area contributed by atoms with E-state index in [9.17, 15) is 0 Å². The van der Waals surface area contributed by atoms with Crippen molar-refractivity contribution in [2.45, 2.75) is 38.8 Å². The van der Waals surface area contributed by atoms with Crippen molar-refractivity contribution in [3.63, 3.8) is 0 Å². The first kappa shape index (κ1) is 16.0. The molecule has 2 unspecified atom stereocenters. The maximum absolute atomic E-state index is 6.08. The van der Waals surface area contributed by atoms with Crippen molar-refractivity contribution < 1.29 is 0 Å². The van der Waals surface area contributed by atoms with Crippen molar-refractivity contribution in [3.8, 4) is 0 Å². The van der Waals surface area contributed by atoms with Crippen LogP contribution in [0.25, 0.3) is 0 Å². The van der Waals surface area contributed by atoms with Crippen molar-refractivity contribution in [3.05, 3.63) is 33.3 Å². The van der Waals surface area contributed by atoms with Crippen molar-refractivity contribution in [2.75, 3.05) is 13.6 Å². The van der Waals surface area contributed by atoms with Gasteiger partial charge in [0.2, 0.25) is 0 Å². The fourth-order valence-corrected chi connectivity index (χ4v) is 2.90. The Balaban J connectivity index is 2.98. The van der Waals surface area contributed by atoms with E-state index in [1.807, 2.05) is 18.2 Å². The van der Waals surface area contributed by atoms with E-state index in [2.05, 4.69) is 41.7 Å². The molecule has 102 valence electrons. The molecule has 0 amide bonds. The second kappa shape index (κ2) is 7.49. The summed E-state index contributed by atoms with van der Waals surface area (Å²) >= 11 is 9.67. The Labute approximate surface area is 124 Å². The predicted octanol–water partition coefficient (Wildman–Crippen LogP) is 4.22. The fraction of sp³-hybridized carbons (Fsp3) is 0.571. The van der Waals surface area contributed by atoms with Crippen LogP contribution in [0.15, 0.2) is 22.7 Å². The Hall–Kier alpha value is -0.0900. The minimum absolute atomic E-state index is 0.194. The molecule has 0 saturated carbocycles. The number of rotatable bonds is 6. The molecule has 4 heteroatoms. The van der Waals surface area contributed by atoms with Crippen molar-refractivity contribution >= 4 is 27.5 Å². The first-order chi connectivity index (χ1) is 8.51. The fourth-order valence-electron chi connectivity index (χ4n) is 2.21. The van der Waals surface area contributed by atoms with Gasteiger partial charge in [0.15, 0.2) is 0 Å². The van der Waals surface area contributed by atoms with Gasteiger partial charge in [0.1, 0.15) is 0 Å². The topological polar surface area (TPSA) is 29.3 Å². The quantitative estimate of drug-likeness (QED) is 0.844. The van der Waals surface area contributed by atoms with Crippen LogP contribution in [0.2, 0.25) is 5.02 Å². The third-order valence-electron chi connectivity index (χ3n) is 3.43. The molecule has 0 radical (unpaired) electrons. The highest BCUT2D eigenvalue weighted by atomic mass is 79.9. The third kappa shape index (κ3) is 3.95. The van der Waals surface area contributed by atoms with E-state index in [-0.39, 0.29) is 6.04 Å². The Kier molecular flexibility index (Phi) is 6.64. The summed E-state index contributed by atoms with van der Waals surface area (Å²) in [6.45, 7) is 5.03. The number of likely N-dealkylation sites (N-methyl/N-ethyl adjacent to an activating group) is 1. The van der Waals surface area contributed by atoms with Crippen molar-refractivity contribution in [1.29, 1.82) is 0 Å². The third-order valence-corrected chi connectivity index (χ3v) is 4.39. The van der Waals surface area contributed by atoms with Crippen LogP contribution in [0.1, 0.15) is 38.3 Å². The summed E-state index contributed by atoms with van der Waals surface area (Å²) in [7, 11) is 2.13. The molecule has 0 heterocycles. The van der Waals surface area contributed by atoms with Gasteiger partial charge in [-0.3, -0.25) is 4.90 Å². The molecule has 2 N–H and O–H groups in total. The molecule has 0 aliphatic heterocycles. The van der Waals surface area contributed by atoms with Crippen LogP contribution < -0.4 is 5.73 Å². The summed E-state index contributed by atoms with van der Waals surface area (Å²) in [6.07, 6.45) is 2.35. The summed E-state index contributed by atoms with van der Waals surface area (Å²) in [5, 5.41) is 0.753. The highest BCUT2D eigenvalue weighted by molar-refractivity contribution is 9.10. The van der Waals surface area contributed by atoms with Crippen LogP contribution in [0.4, 0.5) is 0 Å². The Morgan fingerprint density at radius 3 is 2.67 bits per heavy atom. The van der Waals surface area contributed by atoms with Crippen molar-refractivity contribution in [1.82, 2.24) is 4.90 Å². The molecule has 2 atom stereocenters. The predicted molar refractivity (Wildman–Crippen MR) is 83.1 cm³/mol. The zero-order valence-corrected chi connectivity index (χ0v) is 13.6. The SMILES string of the molecule is CCCC(C)N(C)C(CN)c1cc(Cl)ccc1Br. The van der Waals surface area contributed by atoms with E-state index in [0.717, 1.165) is 15.1 Å². The zero-order valence-electron chi connectivity index (χ0n) is 11.3. The first-order valence-corrected chi connectivity index (χ1v) is 7.55. The standard InChI is InChI=1S/C14H22BrClN2/c1-4-5-10(2)18(3)14(9-17)12-8-11(16)6-7-13(12)15/h6-8,10,14H,4-5,9,17H2,1-3H3. The van der Waals surface area contributed by atoms with Crippen LogP contribution >= 0.6 is 27.5 Å².